The van der Waals surface area contributed by atoms with Gasteiger partial charge in [0, 0.05) is 32.2 Å². The molecular formula is C21H22FN3O3. The summed E-state index contributed by atoms with van der Waals surface area (Å²) in [5.41, 5.74) is 1.45. The zero-order valence-corrected chi connectivity index (χ0v) is 15.5. The molecule has 0 aliphatic carbocycles. The van der Waals surface area contributed by atoms with Gasteiger partial charge in [0.1, 0.15) is 5.82 Å². The quantitative estimate of drug-likeness (QED) is 0.652. The van der Waals surface area contributed by atoms with Crippen molar-refractivity contribution in [3.8, 4) is 11.5 Å². The number of amides is 1. The maximum Gasteiger partial charge on any atom is 0.276 e. The number of aryl methyl sites for hydroxylation is 1. The zero-order valence-electron chi connectivity index (χ0n) is 15.5. The molecule has 28 heavy (non-hydrogen) atoms. The topological polar surface area (TPSA) is 62.7 Å². The molecule has 0 bridgehead atoms. The standard InChI is InChI=1S/C21H22FN3O3/c22-17-7-5-16(6-8-17)3-1-9-24-10-12-25(13-11-24)21(26)18-15-20(28-23-18)19-4-2-14-27-19/h2,4-8,14-15H,1,3,9-13H2. The fourth-order valence-electron chi connectivity index (χ4n) is 3.41. The molecule has 7 heteroatoms. The SMILES string of the molecule is O=C(c1cc(-c2ccco2)on1)N1CCN(CCCc2ccc(F)cc2)CC1. The van der Waals surface area contributed by atoms with Crippen molar-refractivity contribution in [2.75, 3.05) is 32.7 Å². The number of hydrogen-bond acceptors (Lipinski definition) is 5. The second kappa shape index (κ2) is 8.39. The monoisotopic (exact) mass is 383 g/mol. The molecule has 6 nitrogen and oxygen atoms in total. The average Bonchev–Trinajstić information content (AvgIpc) is 3.41. The average molecular weight is 383 g/mol. The van der Waals surface area contributed by atoms with Crippen molar-refractivity contribution in [1.82, 2.24) is 15.0 Å². The third kappa shape index (κ3) is 4.31. The highest BCUT2D eigenvalue weighted by Crippen LogP contribution is 2.21. The first-order valence-electron chi connectivity index (χ1n) is 9.46. The largest absolute Gasteiger partial charge is 0.461 e. The predicted octanol–water partition coefficient (Wildman–Crippen LogP) is 3.46. The van der Waals surface area contributed by atoms with Crippen LogP contribution in [-0.4, -0.2) is 53.6 Å². The first kappa shape index (κ1) is 18.4. The number of carbonyl (C=O) groups is 1. The maximum atomic E-state index is 12.9. The number of rotatable bonds is 6. The molecule has 1 aliphatic rings. The third-order valence-electron chi connectivity index (χ3n) is 5.01. The molecule has 0 radical (unpaired) electrons. The summed E-state index contributed by atoms with van der Waals surface area (Å²) >= 11 is 0. The highest BCUT2D eigenvalue weighted by atomic mass is 19.1. The summed E-state index contributed by atoms with van der Waals surface area (Å²) in [6.45, 7) is 3.96. The lowest BCUT2D eigenvalue weighted by atomic mass is 10.1. The van der Waals surface area contributed by atoms with Gasteiger partial charge in [0.25, 0.3) is 5.91 Å². The van der Waals surface area contributed by atoms with E-state index in [0.29, 0.717) is 30.3 Å². The summed E-state index contributed by atoms with van der Waals surface area (Å²) < 4.78 is 23.4. The fourth-order valence-corrected chi connectivity index (χ4v) is 3.41. The minimum Gasteiger partial charge on any atom is -0.461 e. The lowest BCUT2D eigenvalue weighted by Crippen LogP contribution is -2.49. The molecule has 1 fully saturated rings. The van der Waals surface area contributed by atoms with Crippen LogP contribution in [0.25, 0.3) is 11.5 Å². The molecule has 0 spiro atoms. The summed E-state index contributed by atoms with van der Waals surface area (Å²) in [6, 6.07) is 11.8. The molecule has 146 valence electrons. The highest BCUT2D eigenvalue weighted by Gasteiger charge is 2.25. The number of nitrogens with zero attached hydrogens (tertiary/aromatic N) is 3. The van der Waals surface area contributed by atoms with Crippen molar-refractivity contribution < 1.29 is 18.1 Å². The lowest BCUT2D eigenvalue weighted by molar-refractivity contribution is 0.0626. The lowest BCUT2D eigenvalue weighted by Gasteiger charge is -2.34. The Balaban J connectivity index is 1.23. The fraction of sp³-hybridized carbons (Fsp3) is 0.333. The van der Waals surface area contributed by atoms with E-state index in [1.165, 1.54) is 12.1 Å². The van der Waals surface area contributed by atoms with Crippen molar-refractivity contribution >= 4 is 5.91 Å². The van der Waals surface area contributed by atoms with Crippen LogP contribution in [0.5, 0.6) is 0 Å². The Morgan fingerprint density at radius 3 is 2.57 bits per heavy atom. The van der Waals surface area contributed by atoms with Gasteiger partial charge in [0.05, 0.1) is 6.26 Å². The smallest absolute Gasteiger partial charge is 0.276 e. The Morgan fingerprint density at radius 2 is 1.86 bits per heavy atom. The van der Waals surface area contributed by atoms with Gasteiger partial charge in [-0.15, -0.1) is 0 Å². The second-order valence-corrected chi connectivity index (χ2v) is 6.92. The predicted molar refractivity (Wildman–Crippen MR) is 101 cm³/mol. The Morgan fingerprint density at radius 1 is 1.07 bits per heavy atom. The zero-order chi connectivity index (χ0) is 19.3. The molecule has 0 unspecified atom stereocenters. The Kier molecular flexibility index (Phi) is 5.53. The first-order chi connectivity index (χ1) is 13.7. The minimum atomic E-state index is -0.201. The van der Waals surface area contributed by atoms with Crippen molar-refractivity contribution in [3.63, 3.8) is 0 Å². The number of furan rings is 1. The second-order valence-electron chi connectivity index (χ2n) is 6.92. The molecule has 4 rings (SSSR count). The van der Waals surface area contributed by atoms with Crippen LogP contribution in [0.2, 0.25) is 0 Å². The van der Waals surface area contributed by atoms with Crippen LogP contribution >= 0.6 is 0 Å². The van der Waals surface area contributed by atoms with Crippen LogP contribution in [-0.2, 0) is 6.42 Å². The van der Waals surface area contributed by atoms with Gasteiger partial charge in [-0.1, -0.05) is 17.3 Å². The van der Waals surface area contributed by atoms with Gasteiger partial charge in [-0.3, -0.25) is 9.69 Å². The Labute approximate surface area is 162 Å². The molecule has 1 saturated heterocycles. The minimum absolute atomic E-state index is 0.118. The molecule has 1 aliphatic heterocycles. The highest BCUT2D eigenvalue weighted by molar-refractivity contribution is 5.93. The molecule has 3 heterocycles. The van der Waals surface area contributed by atoms with E-state index < -0.39 is 0 Å². The molecule has 1 amide bonds. The van der Waals surface area contributed by atoms with E-state index in [0.717, 1.165) is 38.0 Å². The molecule has 2 aromatic heterocycles. The molecule has 0 atom stereocenters. The van der Waals surface area contributed by atoms with Crippen LogP contribution in [0, 0.1) is 5.82 Å². The maximum absolute atomic E-state index is 12.9. The molecule has 0 N–H and O–H groups in total. The van der Waals surface area contributed by atoms with E-state index in [1.807, 2.05) is 12.1 Å². The van der Waals surface area contributed by atoms with Gasteiger partial charge < -0.3 is 13.8 Å². The summed E-state index contributed by atoms with van der Waals surface area (Å²) in [7, 11) is 0. The Hall–Kier alpha value is -2.93. The van der Waals surface area contributed by atoms with Crippen LogP contribution in [0.3, 0.4) is 0 Å². The van der Waals surface area contributed by atoms with Gasteiger partial charge in [0.15, 0.2) is 11.5 Å². The van der Waals surface area contributed by atoms with Crippen LogP contribution in [0.4, 0.5) is 4.39 Å². The Bertz CT molecular complexity index is 897. The van der Waals surface area contributed by atoms with Gasteiger partial charge in [-0.2, -0.15) is 0 Å². The van der Waals surface area contributed by atoms with Gasteiger partial charge in [0.2, 0.25) is 5.76 Å². The van der Waals surface area contributed by atoms with Gasteiger partial charge in [-0.25, -0.2) is 4.39 Å². The molecule has 1 aromatic carbocycles. The molecule has 3 aromatic rings. The van der Waals surface area contributed by atoms with E-state index in [4.69, 9.17) is 8.94 Å². The van der Waals surface area contributed by atoms with Crippen molar-refractivity contribution in [1.29, 1.82) is 0 Å². The van der Waals surface area contributed by atoms with Gasteiger partial charge >= 0.3 is 0 Å². The van der Waals surface area contributed by atoms with Crippen molar-refractivity contribution in [2.45, 2.75) is 12.8 Å². The number of halogens is 1. The number of hydrogen-bond donors (Lipinski definition) is 0. The van der Waals surface area contributed by atoms with Crippen LogP contribution < -0.4 is 0 Å². The number of aromatic nitrogens is 1. The normalized spacial score (nSPS) is 15.1. The van der Waals surface area contributed by atoms with E-state index in [2.05, 4.69) is 10.1 Å². The number of carbonyl (C=O) groups excluding carboxylic acids is 1. The van der Waals surface area contributed by atoms with E-state index in [9.17, 15) is 9.18 Å². The summed E-state index contributed by atoms with van der Waals surface area (Å²) in [5.74, 6) is 0.686. The van der Waals surface area contributed by atoms with E-state index in [-0.39, 0.29) is 11.7 Å². The third-order valence-corrected chi connectivity index (χ3v) is 5.01. The number of piperazine rings is 1. The van der Waals surface area contributed by atoms with Crippen molar-refractivity contribution in [3.05, 3.63) is 65.8 Å². The van der Waals surface area contributed by atoms with Gasteiger partial charge in [-0.05, 0) is 49.2 Å². The van der Waals surface area contributed by atoms with E-state index in [1.54, 1.807) is 29.4 Å². The van der Waals surface area contributed by atoms with Crippen molar-refractivity contribution in [2.24, 2.45) is 0 Å². The van der Waals surface area contributed by atoms with Crippen LogP contribution in [0.15, 0.2) is 57.7 Å². The first-order valence-corrected chi connectivity index (χ1v) is 9.46. The summed E-state index contributed by atoms with van der Waals surface area (Å²) in [4.78, 5) is 16.8. The molecule has 0 saturated carbocycles. The summed E-state index contributed by atoms with van der Waals surface area (Å²) in [5, 5.41) is 3.89. The van der Waals surface area contributed by atoms with Crippen LogP contribution in [0.1, 0.15) is 22.5 Å². The van der Waals surface area contributed by atoms with E-state index >= 15 is 0 Å². The molecular weight excluding hydrogens is 361 g/mol. The summed E-state index contributed by atoms with van der Waals surface area (Å²) in [6.07, 6.45) is 3.48. The number of benzene rings is 1.